The van der Waals surface area contributed by atoms with Gasteiger partial charge in [0.1, 0.15) is 5.75 Å². The van der Waals surface area contributed by atoms with Crippen LogP contribution in [0.4, 0.5) is 15.3 Å². The Bertz CT molecular complexity index is 654. The third kappa shape index (κ3) is 4.35. The van der Waals surface area contributed by atoms with Gasteiger partial charge in [0.05, 0.1) is 0 Å². The number of aryl methyl sites for hydroxylation is 2. The molecule has 3 amide bonds. The number of amides is 3. The van der Waals surface area contributed by atoms with Crippen molar-refractivity contribution in [2.45, 2.75) is 13.8 Å². The normalized spacial score (nSPS) is 9.81. The summed E-state index contributed by atoms with van der Waals surface area (Å²) in [6.07, 6.45) is -0.830. The van der Waals surface area contributed by atoms with Crippen molar-refractivity contribution in [1.29, 1.82) is 0 Å². The molecule has 0 aliphatic rings. The van der Waals surface area contributed by atoms with E-state index < -0.39 is 12.1 Å². The van der Waals surface area contributed by atoms with Crippen LogP contribution in [0.1, 0.15) is 11.1 Å². The number of nitrogens with one attached hydrogen (secondary N) is 2. The van der Waals surface area contributed by atoms with Crippen molar-refractivity contribution >= 4 is 17.8 Å². The smallest absolute Gasteiger partial charge is 0.410 e. The number of carbonyl (C=O) groups is 2. The van der Waals surface area contributed by atoms with Crippen molar-refractivity contribution in [2.75, 3.05) is 5.32 Å². The number of benzene rings is 2. The number of rotatable bonds is 2. The van der Waals surface area contributed by atoms with E-state index in [1.807, 2.05) is 26.0 Å². The van der Waals surface area contributed by atoms with Gasteiger partial charge in [-0.25, -0.2) is 14.9 Å². The van der Waals surface area contributed by atoms with E-state index in [0.717, 1.165) is 11.1 Å². The van der Waals surface area contributed by atoms with Gasteiger partial charge >= 0.3 is 12.1 Å². The number of anilines is 1. The van der Waals surface area contributed by atoms with Crippen LogP contribution in [-0.2, 0) is 0 Å². The zero-order chi connectivity index (χ0) is 15.2. The molecule has 0 atom stereocenters. The van der Waals surface area contributed by atoms with Crippen LogP contribution in [0.2, 0.25) is 0 Å². The fraction of sp³-hybridized carbons (Fsp3) is 0.125. The minimum atomic E-state index is -0.830. The summed E-state index contributed by atoms with van der Waals surface area (Å²) in [6.45, 7) is 3.85. The average Bonchev–Trinajstić information content (AvgIpc) is 2.43. The first kappa shape index (κ1) is 14.6. The van der Waals surface area contributed by atoms with E-state index in [0.29, 0.717) is 11.4 Å². The summed E-state index contributed by atoms with van der Waals surface area (Å²) in [4.78, 5) is 23.3. The molecule has 0 unspecified atom stereocenters. The van der Waals surface area contributed by atoms with Crippen molar-refractivity contribution in [3.05, 3.63) is 59.7 Å². The standard InChI is InChI=1S/C16H16N2O3/c1-11-8-9-14(12(2)10-11)17-15(19)18-16(20)21-13-6-4-3-5-7-13/h3-10H,1-2H3,(H2,17,18,19,20). The van der Waals surface area contributed by atoms with E-state index in [2.05, 4.69) is 10.6 Å². The molecule has 0 spiro atoms. The first-order valence-corrected chi connectivity index (χ1v) is 6.47. The maximum Gasteiger partial charge on any atom is 0.420 e. The van der Waals surface area contributed by atoms with Gasteiger partial charge in [-0.1, -0.05) is 35.9 Å². The van der Waals surface area contributed by atoms with E-state index in [1.54, 1.807) is 36.4 Å². The lowest BCUT2D eigenvalue weighted by atomic mass is 10.1. The van der Waals surface area contributed by atoms with Gasteiger partial charge in [-0.2, -0.15) is 0 Å². The van der Waals surface area contributed by atoms with Crippen LogP contribution >= 0.6 is 0 Å². The lowest BCUT2D eigenvalue weighted by Crippen LogP contribution is -2.36. The van der Waals surface area contributed by atoms with Crippen LogP contribution in [0.5, 0.6) is 5.75 Å². The highest BCUT2D eigenvalue weighted by Crippen LogP contribution is 2.15. The molecule has 0 fully saturated rings. The minimum absolute atomic E-state index is 0.370. The lowest BCUT2D eigenvalue weighted by molar-refractivity contribution is 0.199. The van der Waals surface area contributed by atoms with Gasteiger partial charge in [0.2, 0.25) is 0 Å². The van der Waals surface area contributed by atoms with Gasteiger partial charge < -0.3 is 10.1 Å². The monoisotopic (exact) mass is 284 g/mol. The zero-order valence-electron chi connectivity index (χ0n) is 11.8. The molecule has 0 heterocycles. The Labute approximate surface area is 122 Å². The molecule has 0 aliphatic carbocycles. The summed E-state index contributed by atoms with van der Waals surface area (Å²) in [5.41, 5.74) is 2.66. The number of imide groups is 1. The first-order valence-electron chi connectivity index (χ1n) is 6.47. The van der Waals surface area contributed by atoms with Crippen LogP contribution in [0.3, 0.4) is 0 Å². The molecular weight excluding hydrogens is 268 g/mol. The Kier molecular flexibility index (Phi) is 4.56. The number of urea groups is 1. The van der Waals surface area contributed by atoms with Gasteiger partial charge in [-0.3, -0.25) is 0 Å². The molecule has 5 nitrogen and oxygen atoms in total. The average molecular weight is 284 g/mol. The fourth-order valence-electron chi connectivity index (χ4n) is 1.82. The molecule has 108 valence electrons. The minimum Gasteiger partial charge on any atom is -0.410 e. The highest BCUT2D eigenvalue weighted by Gasteiger charge is 2.10. The third-order valence-corrected chi connectivity index (χ3v) is 2.80. The summed E-state index contributed by atoms with van der Waals surface area (Å²) in [6, 6.07) is 13.5. The molecular formula is C16H16N2O3. The molecule has 2 aromatic rings. The van der Waals surface area contributed by atoms with Crippen molar-refractivity contribution in [3.8, 4) is 5.75 Å². The molecule has 0 saturated carbocycles. The van der Waals surface area contributed by atoms with E-state index in [4.69, 9.17) is 4.74 Å². The fourth-order valence-corrected chi connectivity index (χ4v) is 1.82. The zero-order valence-corrected chi connectivity index (χ0v) is 11.8. The number of ether oxygens (including phenoxy) is 1. The highest BCUT2D eigenvalue weighted by atomic mass is 16.6. The lowest BCUT2D eigenvalue weighted by Gasteiger charge is -2.10. The maximum absolute atomic E-state index is 11.7. The quantitative estimate of drug-likeness (QED) is 0.885. The molecule has 0 radical (unpaired) electrons. The summed E-state index contributed by atoms with van der Waals surface area (Å²) in [5, 5.41) is 4.71. The second-order valence-corrected chi connectivity index (χ2v) is 4.60. The number of carbonyl (C=O) groups excluding carboxylic acids is 2. The molecule has 0 aliphatic heterocycles. The summed E-state index contributed by atoms with van der Waals surface area (Å²) in [5.74, 6) is 0.370. The SMILES string of the molecule is Cc1ccc(NC(=O)NC(=O)Oc2ccccc2)c(C)c1. The van der Waals surface area contributed by atoms with Crippen molar-refractivity contribution in [3.63, 3.8) is 0 Å². The van der Waals surface area contributed by atoms with Gasteiger partial charge in [0.25, 0.3) is 0 Å². The van der Waals surface area contributed by atoms with Crippen molar-refractivity contribution < 1.29 is 14.3 Å². The van der Waals surface area contributed by atoms with Gasteiger partial charge in [0.15, 0.2) is 0 Å². The Hall–Kier alpha value is -2.82. The van der Waals surface area contributed by atoms with Crippen LogP contribution in [0, 0.1) is 13.8 Å². The van der Waals surface area contributed by atoms with Crippen molar-refractivity contribution in [2.24, 2.45) is 0 Å². The van der Waals surface area contributed by atoms with Gasteiger partial charge in [-0.15, -0.1) is 0 Å². The molecule has 0 bridgehead atoms. The van der Waals surface area contributed by atoms with E-state index in [-0.39, 0.29) is 0 Å². The van der Waals surface area contributed by atoms with Crippen LogP contribution in [0.15, 0.2) is 48.5 Å². The van der Waals surface area contributed by atoms with Crippen LogP contribution in [0.25, 0.3) is 0 Å². The van der Waals surface area contributed by atoms with Gasteiger partial charge in [-0.05, 0) is 37.6 Å². The Morgan fingerprint density at radius 3 is 2.38 bits per heavy atom. The Balaban J connectivity index is 1.91. The molecule has 2 aromatic carbocycles. The van der Waals surface area contributed by atoms with Crippen LogP contribution in [-0.4, -0.2) is 12.1 Å². The van der Waals surface area contributed by atoms with Crippen LogP contribution < -0.4 is 15.4 Å². The predicted octanol–water partition coefficient (Wildman–Crippen LogP) is 3.62. The van der Waals surface area contributed by atoms with E-state index in [1.165, 1.54) is 0 Å². The molecule has 2 N–H and O–H groups in total. The van der Waals surface area contributed by atoms with E-state index >= 15 is 0 Å². The number of hydrogen-bond acceptors (Lipinski definition) is 3. The Morgan fingerprint density at radius 1 is 1.00 bits per heavy atom. The van der Waals surface area contributed by atoms with E-state index in [9.17, 15) is 9.59 Å². The largest absolute Gasteiger partial charge is 0.420 e. The summed E-state index contributed by atoms with van der Waals surface area (Å²) in [7, 11) is 0. The Morgan fingerprint density at radius 2 is 1.71 bits per heavy atom. The highest BCUT2D eigenvalue weighted by molar-refractivity contribution is 5.99. The summed E-state index contributed by atoms with van der Waals surface area (Å²) >= 11 is 0. The first-order chi connectivity index (χ1) is 10.0. The molecule has 0 aromatic heterocycles. The topological polar surface area (TPSA) is 67.4 Å². The number of para-hydroxylation sites is 1. The second-order valence-electron chi connectivity index (χ2n) is 4.60. The molecule has 2 rings (SSSR count). The molecule has 0 saturated heterocycles. The predicted molar refractivity (Wildman–Crippen MR) is 80.5 cm³/mol. The second kappa shape index (κ2) is 6.56. The third-order valence-electron chi connectivity index (χ3n) is 2.80. The molecule has 21 heavy (non-hydrogen) atoms. The van der Waals surface area contributed by atoms with Gasteiger partial charge in [0, 0.05) is 5.69 Å². The number of hydrogen-bond donors (Lipinski definition) is 2. The maximum atomic E-state index is 11.7. The summed E-state index contributed by atoms with van der Waals surface area (Å²) < 4.78 is 4.96. The molecule has 5 heteroatoms. The van der Waals surface area contributed by atoms with Crippen molar-refractivity contribution in [1.82, 2.24) is 5.32 Å².